The van der Waals surface area contributed by atoms with Gasteiger partial charge in [0.05, 0.1) is 6.61 Å². The van der Waals surface area contributed by atoms with E-state index in [2.05, 4.69) is 0 Å². The van der Waals surface area contributed by atoms with Crippen molar-refractivity contribution in [2.75, 3.05) is 20.2 Å². The summed E-state index contributed by atoms with van der Waals surface area (Å²) < 4.78 is 0. The standard InChI is InChI=1S/C13H22N2O4/c1-14(6-7-16)13(19)15-10-5-3-2-4-9(10)8-11(15)12(17)18/h9-11,16H,2-8H2,1H3,(H,17,18). The van der Waals surface area contributed by atoms with Crippen LogP contribution in [0.4, 0.5) is 4.79 Å². The Bertz CT molecular complexity index is 361. The van der Waals surface area contributed by atoms with Crippen LogP contribution in [0.3, 0.4) is 0 Å². The minimum atomic E-state index is -0.917. The first kappa shape index (κ1) is 14.1. The molecule has 0 radical (unpaired) electrons. The number of hydrogen-bond acceptors (Lipinski definition) is 3. The molecule has 0 aromatic heterocycles. The van der Waals surface area contributed by atoms with Crippen LogP contribution in [-0.4, -0.2) is 64.3 Å². The molecule has 2 amide bonds. The summed E-state index contributed by atoms with van der Waals surface area (Å²) in [4.78, 5) is 26.7. The number of amides is 2. The molecule has 6 heteroatoms. The first-order chi connectivity index (χ1) is 9.06. The first-order valence-electron chi connectivity index (χ1n) is 6.93. The molecular formula is C13H22N2O4. The predicted octanol–water partition coefficient (Wildman–Crippen LogP) is 0.748. The van der Waals surface area contributed by atoms with Crippen LogP contribution < -0.4 is 0 Å². The fourth-order valence-corrected chi connectivity index (χ4v) is 3.40. The highest BCUT2D eigenvalue weighted by Gasteiger charge is 2.48. The summed E-state index contributed by atoms with van der Waals surface area (Å²) in [5.74, 6) is -0.596. The molecule has 1 aliphatic heterocycles. The smallest absolute Gasteiger partial charge is 0.326 e. The molecule has 1 aliphatic carbocycles. The number of aliphatic hydroxyl groups is 1. The van der Waals surface area contributed by atoms with Gasteiger partial charge < -0.3 is 20.0 Å². The summed E-state index contributed by atoms with van der Waals surface area (Å²) in [6.07, 6.45) is 4.66. The maximum absolute atomic E-state index is 12.4. The van der Waals surface area contributed by atoms with Gasteiger partial charge in [-0.1, -0.05) is 12.8 Å². The van der Waals surface area contributed by atoms with Crippen molar-refractivity contribution >= 4 is 12.0 Å². The molecule has 0 aromatic carbocycles. The Morgan fingerprint density at radius 1 is 1.32 bits per heavy atom. The van der Waals surface area contributed by atoms with E-state index >= 15 is 0 Å². The van der Waals surface area contributed by atoms with Crippen molar-refractivity contribution in [2.24, 2.45) is 5.92 Å². The number of aliphatic carboxylic acids is 1. The van der Waals surface area contributed by atoms with Crippen molar-refractivity contribution in [3.63, 3.8) is 0 Å². The van der Waals surface area contributed by atoms with Gasteiger partial charge >= 0.3 is 12.0 Å². The minimum Gasteiger partial charge on any atom is -0.480 e. The van der Waals surface area contributed by atoms with Gasteiger partial charge in [-0.25, -0.2) is 9.59 Å². The SMILES string of the molecule is CN(CCO)C(=O)N1C(C(=O)O)CC2CCCCC21. The highest BCUT2D eigenvalue weighted by Crippen LogP contribution is 2.40. The largest absolute Gasteiger partial charge is 0.480 e. The number of carboxylic acids is 1. The highest BCUT2D eigenvalue weighted by atomic mass is 16.4. The highest BCUT2D eigenvalue weighted by molar-refractivity contribution is 5.83. The second kappa shape index (κ2) is 5.77. The number of nitrogens with zero attached hydrogens (tertiary/aromatic N) is 2. The van der Waals surface area contributed by atoms with Gasteiger partial charge in [0.2, 0.25) is 0 Å². The average Bonchev–Trinajstić information content (AvgIpc) is 2.77. The van der Waals surface area contributed by atoms with Gasteiger partial charge in [0.15, 0.2) is 0 Å². The van der Waals surface area contributed by atoms with E-state index in [9.17, 15) is 14.7 Å². The number of likely N-dealkylation sites (N-methyl/N-ethyl adjacent to an activating group) is 1. The van der Waals surface area contributed by atoms with Gasteiger partial charge in [0.1, 0.15) is 6.04 Å². The Hall–Kier alpha value is -1.30. The minimum absolute atomic E-state index is 0.0588. The number of carbonyl (C=O) groups excluding carboxylic acids is 1. The quantitative estimate of drug-likeness (QED) is 0.793. The maximum Gasteiger partial charge on any atom is 0.326 e. The average molecular weight is 270 g/mol. The molecule has 1 heterocycles. The van der Waals surface area contributed by atoms with Gasteiger partial charge in [0, 0.05) is 19.6 Å². The second-order valence-electron chi connectivity index (χ2n) is 5.54. The summed E-state index contributed by atoms with van der Waals surface area (Å²) in [5, 5.41) is 18.2. The Morgan fingerprint density at radius 2 is 2.00 bits per heavy atom. The van der Waals surface area contributed by atoms with Gasteiger partial charge in [0.25, 0.3) is 0 Å². The molecule has 2 fully saturated rings. The summed E-state index contributed by atoms with van der Waals surface area (Å²) >= 11 is 0. The van der Waals surface area contributed by atoms with E-state index in [1.165, 1.54) is 4.90 Å². The summed E-state index contributed by atoms with van der Waals surface area (Å²) in [7, 11) is 1.60. The second-order valence-corrected chi connectivity index (χ2v) is 5.54. The van der Waals surface area contributed by atoms with E-state index in [1.807, 2.05) is 0 Å². The normalized spacial score (nSPS) is 30.0. The zero-order valence-electron chi connectivity index (χ0n) is 11.3. The van der Waals surface area contributed by atoms with E-state index in [0.29, 0.717) is 12.3 Å². The van der Waals surface area contributed by atoms with Gasteiger partial charge in [-0.3, -0.25) is 0 Å². The third kappa shape index (κ3) is 2.68. The maximum atomic E-state index is 12.4. The fourth-order valence-electron chi connectivity index (χ4n) is 3.40. The Morgan fingerprint density at radius 3 is 2.63 bits per heavy atom. The monoisotopic (exact) mass is 270 g/mol. The molecule has 0 bridgehead atoms. The van der Waals surface area contributed by atoms with Gasteiger partial charge in [-0.2, -0.15) is 0 Å². The molecule has 1 saturated carbocycles. The lowest BCUT2D eigenvalue weighted by Crippen LogP contribution is -2.51. The van der Waals surface area contributed by atoms with Crippen LogP contribution in [0.1, 0.15) is 32.1 Å². The van der Waals surface area contributed by atoms with E-state index in [-0.39, 0.29) is 25.2 Å². The molecule has 2 N–H and O–H groups in total. The van der Waals surface area contributed by atoms with E-state index in [0.717, 1.165) is 25.7 Å². The number of aliphatic hydroxyl groups excluding tert-OH is 1. The summed E-state index contributed by atoms with van der Waals surface area (Å²) in [6, 6.07) is -0.916. The number of likely N-dealkylation sites (tertiary alicyclic amines) is 1. The van der Waals surface area contributed by atoms with Crippen LogP contribution in [0.2, 0.25) is 0 Å². The van der Waals surface area contributed by atoms with Crippen LogP contribution in [0, 0.1) is 5.92 Å². The predicted molar refractivity (Wildman–Crippen MR) is 68.7 cm³/mol. The number of rotatable bonds is 3. The molecule has 108 valence electrons. The Labute approximate surface area is 113 Å². The molecule has 2 aliphatic rings. The third-order valence-electron chi connectivity index (χ3n) is 4.36. The van der Waals surface area contributed by atoms with Gasteiger partial charge in [-0.05, 0) is 25.2 Å². The van der Waals surface area contributed by atoms with Crippen molar-refractivity contribution < 1.29 is 19.8 Å². The Kier molecular flexibility index (Phi) is 4.29. The zero-order valence-corrected chi connectivity index (χ0v) is 11.3. The third-order valence-corrected chi connectivity index (χ3v) is 4.36. The molecule has 3 atom stereocenters. The van der Waals surface area contributed by atoms with Crippen LogP contribution in [-0.2, 0) is 4.79 Å². The van der Waals surface area contributed by atoms with Gasteiger partial charge in [-0.15, -0.1) is 0 Å². The topological polar surface area (TPSA) is 81.1 Å². The zero-order chi connectivity index (χ0) is 14.0. The lowest BCUT2D eigenvalue weighted by atomic mass is 9.85. The van der Waals surface area contributed by atoms with Crippen LogP contribution in [0.5, 0.6) is 0 Å². The van der Waals surface area contributed by atoms with E-state index in [4.69, 9.17) is 5.11 Å². The molecule has 6 nitrogen and oxygen atoms in total. The number of fused-ring (bicyclic) bond motifs is 1. The lowest BCUT2D eigenvalue weighted by molar-refractivity contribution is -0.141. The molecule has 3 unspecified atom stereocenters. The van der Waals surface area contributed by atoms with Crippen molar-refractivity contribution in [2.45, 2.75) is 44.2 Å². The molecule has 0 spiro atoms. The molecule has 19 heavy (non-hydrogen) atoms. The van der Waals surface area contributed by atoms with E-state index < -0.39 is 12.0 Å². The Balaban J connectivity index is 2.17. The van der Waals surface area contributed by atoms with Crippen molar-refractivity contribution in [3.05, 3.63) is 0 Å². The van der Waals surface area contributed by atoms with Crippen molar-refractivity contribution in [3.8, 4) is 0 Å². The summed E-state index contributed by atoms with van der Waals surface area (Å²) in [5.41, 5.74) is 0. The lowest BCUT2D eigenvalue weighted by Gasteiger charge is -2.35. The number of carbonyl (C=O) groups is 2. The van der Waals surface area contributed by atoms with Crippen LogP contribution in [0.15, 0.2) is 0 Å². The van der Waals surface area contributed by atoms with E-state index in [1.54, 1.807) is 11.9 Å². The first-order valence-corrected chi connectivity index (χ1v) is 6.93. The van der Waals surface area contributed by atoms with Crippen molar-refractivity contribution in [1.29, 1.82) is 0 Å². The van der Waals surface area contributed by atoms with Crippen LogP contribution >= 0.6 is 0 Å². The number of hydrogen-bond donors (Lipinski definition) is 2. The molecule has 1 saturated heterocycles. The van der Waals surface area contributed by atoms with Crippen LogP contribution in [0.25, 0.3) is 0 Å². The molecular weight excluding hydrogens is 248 g/mol. The number of carboxylic acid groups (broad SMARTS) is 1. The molecule has 0 aromatic rings. The van der Waals surface area contributed by atoms with Crippen molar-refractivity contribution in [1.82, 2.24) is 9.80 Å². The number of urea groups is 1. The molecule has 2 rings (SSSR count). The fraction of sp³-hybridized carbons (Fsp3) is 0.846. The summed E-state index contributed by atoms with van der Waals surface area (Å²) in [6.45, 7) is 0.126.